The van der Waals surface area contributed by atoms with E-state index in [9.17, 15) is 4.39 Å². The molecule has 0 saturated carbocycles. The lowest BCUT2D eigenvalue weighted by Gasteiger charge is -2.08. The van der Waals surface area contributed by atoms with Gasteiger partial charge in [0.25, 0.3) is 0 Å². The zero-order chi connectivity index (χ0) is 12.3. The molecule has 2 aromatic rings. The molecule has 0 unspecified atom stereocenters. The zero-order valence-corrected chi connectivity index (χ0v) is 9.39. The first-order valence-corrected chi connectivity index (χ1v) is 5.23. The summed E-state index contributed by atoms with van der Waals surface area (Å²) in [6, 6.07) is 11.2. The second-order valence-corrected chi connectivity index (χ2v) is 3.75. The van der Waals surface area contributed by atoms with Crippen molar-refractivity contribution >= 4 is 11.6 Å². The first-order valence-electron chi connectivity index (χ1n) is 4.85. The Morgan fingerprint density at radius 3 is 2.53 bits per heavy atom. The van der Waals surface area contributed by atoms with Crippen LogP contribution in [-0.4, -0.2) is 10.2 Å². The molecule has 0 saturated heterocycles. The Balaban J connectivity index is 2.45. The second-order valence-electron chi connectivity index (χ2n) is 3.36. The lowest BCUT2D eigenvalue weighted by atomic mass is 9.96. The van der Waals surface area contributed by atoms with Gasteiger partial charge in [-0.3, -0.25) is 0 Å². The van der Waals surface area contributed by atoms with Crippen LogP contribution in [-0.2, 0) is 0 Å². The quantitative estimate of drug-likeness (QED) is 0.820. The Morgan fingerprint density at radius 1 is 1.18 bits per heavy atom. The Kier molecular flexibility index (Phi) is 3.31. The molecule has 0 fully saturated rings. The fraction of sp³-hybridized carbons (Fsp3) is 0.0833. The highest BCUT2D eigenvalue weighted by molar-refractivity contribution is 6.29. The van der Waals surface area contributed by atoms with Gasteiger partial charge in [0.1, 0.15) is 11.7 Å². The van der Waals surface area contributed by atoms with Crippen LogP contribution in [0.1, 0.15) is 17.2 Å². The molecular weight excluding hydrogens is 241 g/mol. The molecule has 0 N–H and O–H groups in total. The molecule has 0 amide bonds. The number of nitriles is 1. The summed E-state index contributed by atoms with van der Waals surface area (Å²) in [4.78, 5) is 0. The van der Waals surface area contributed by atoms with Crippen LogP contribution in [0, 0.1) is 17.1 Å². The number of hydrogen-bond donors (Lipinski definition) is 0. The maximum Gasteiger partial charge on any atom is 0.151 e. The number of halogens is 2. The molecular formula is C12H7ClFN3. The zero-order valence-electron chi connectivity index (χ0n) is 8.64. The van der Waals surface area contributed by atoms with Crippen molar-refractivity contribution in [2.45, 2.75) is 5.92 Å². The highest BCUT2D eigenvalue weighted by atomic mass is 35.5. The first-order chi connectivity index (χ1) is 8.22. The van der Waals surface area contributed by atoms with Crippen molar-refractivity contribution in [2.75, 3.05) is 0 Å². The van der Waals surface area contributed by atoms with Gasteiger partial charge in [-0.2, -0.15) is 10.4 Å². The van der Waals surface area contributed by atoms with Gasteiger partial charge in [-0.25, -0.2) is 4.39 Å². The van der Waals surface area contributed by atoms with Crippen molar-refractivity contribution in [3.05, 3.63) is 58.6 Å². The standard InChI is InChI=1S/C12H7ClFN3/c13-12-6-5-11(16-17-12)9(7-15)8-3-1-2-4-10(8)14/h1-6,9H/t9-/m0/s1. The summed E-state index contributed by atoms with van der Waals surface area (Å²) >= 11 is 5.61. The van der Waals surface area contributed by atoms with Gasteiger partial charge in [-0.1, -0.05) is 29.8 Å². The minimum atomic E-state index is -0.777. The van der Waals surface area contributed by atoms with E-state index in [1.165, 1.54) is 12.1 Å². The Labute approximate surface area is 102 Å². The summed E-state index contributed by atoms with van der Waals surface area (Å²) in [5.41, 5.74) is 0.661. The van der Waals surface area contributed by atoms with Crippen LogP contribution in [0.25, 0.3) is 0 Å². The minimum Gasteiger partial charge on any atom is -0.207 e. The van der Waals surface area contributed by atoms with Crippen LogP contribution in [0.5, 0.6) is 0 Å². The number of aromatic nitrogens is 2. The van der Waals surface area contributed by atoms with Crippen LogP contribution >= 0.6 is 11.6 Å². The Hall–Kier alpha value is -1.99. The maximum atomic E-state index is 13.6. The molecule has 17 heavy (non-hydrogen) atoms. The van der Waals surface area contributed by atoms with Crippen molar-refractivity contribution < 1.29 is 4.39 Å². The molecule has 0 aliphatic carbocycles. The van der Waals surface area contributed by atoms with Crippen molar-refractivity contribution in [3.8, 4) is 6.07 Å². The first kappa shape index (κ1) is 11.5. The lowest BCUT2D eigenvalue weighted by molar-refractivity contribution is 0.607. The molecule has 1 aromatic carbocycles. The predicted molar refractivity (Wildman–Crippen MR) is 60.9 cm³/mol. The Bertz CT molecular complexity index is 563. The summed E-state index contributed by atoms with van der Waals surface area (Å²) < 4.78 is 13.6. The van der Waals surface area contributed by atoms with Crippen LogP contribution in [0.4, 0.5) is 4.39 Å². The second kappa shape index (κ2) is 4.89. The maximum absolute atomic E-state index is 13.6. The highest BCUT2D eigenvalue weighted by Gasteiger charge is 2.18. The molecule has 1 atom stereocenters. The van der Waals surface area contributed by atoms with Crippen molar-refractivity contribution in [2.24, 2.45) is 0 Å². The number of rotatable bonds is 2. The van der Waals surface area contributed by atoms with Crippen molar-refractivity contribution in [3.63, 3.8) is 0 Å². The van der Waals surface area contributed by atoms with E-state index in [2.05, 4.69) is 10.2 Å². The molecule has 3 nitrogen and oxygen atoms in total. The SMILES string of the molecule is N#C[C@H](c1ccc(Cl)nn1)c1ccccc1F. The number of benzene rings is 1. The van der Waals surface area contributed by atoms with E-state index in [1.54, 1.807) is 24.3 Å². The van der Waals surface area contributed by atoms with E-state index in [0.29, 0.717) is 5.69 Å². The number of hydrogen-bond acceptors (Lipinski definition) is 3. The van der Waals surface area contributed by atoms with Gasteiger partial charge in [0, 0.05) is 5.56 Å². The largest absolute Gasteiger partial charge is 0.207 e. The van der Waals surface area contributed by atoms with Gasteiger partial charge in [-0.05, 0) is 18.2 Å². The summed E-state index contributed by atoms with van der Waals surface area (Å²) in [5, 5.41) is 16.8. The van der Waals surface area contributed by atoms with Crippen LogP contribution in [0.2, 0.25) is 5.15 Å². The van der Waals surface area contributed by atoms with E-state index < -0.39 is 11.7 Å². The normalized spacial score (nSPS) is 11.8. The van der Waals surface area contributed by atoms with Gasteiger partial charge in [0.15, 0.2) is 5.15 Å². The molecule has 0 radical (unpaired) electrons. The molecule has 1 aromatic heterocycles. The van der Waals surface area contributed by atoms with E-state index in [1.807, 2.05) is 6.07 Å². The molecule has 0 spiro atoms. The molecule has 2 rings (SSSR count). The van der Waals surface area contributed by atoms with Crippen molar-refractivity contribution in [1.29, 1.82) is 5.26 Å². The summed E-state index contributed by atoms with van der Waals surface area (Å²) in [6.07, 6.45) is 0. The monoisotopic (exact) mass is 247 g/mol. The van der Waals surface area contributed by atoms with Gasteiger partial charge >= 0.3 is 0 Å². The van der Waals surface area contributed by atoms with Crippen molar-refractivity contribution in [1.82, 2.24) is 10.2 Å². The number of nitrogens with zero attached hydrogens (tertiary/aromatic N) is 3. The third-order valence-corrected chi connectivity index (χ3v) is 2.50. The van der Waals surface area contributed by atoms with Gasteiger partial charge in [-0.15, -0.1) is 5.10 Å². The molecule has 5 heteroatoms. The minimum absolute atomic E-state index is 0.235. The molecule has 0 aliphatic heterocycles. The van der Waals surface area contributed by atoms with E-state index in [-0.39, 0.29) is 10.7 Å². The molecule has 0 bridgehead atoms. The highest BCUT2D eigenvalue weighted by Crippen LogP contribution is 2.24. The smallest absolute Gasteiger partial charge is 0.151 e. The van der Waals surface area contributed by atoms with Crippen LogP contribution < -0.4 is 0 Å². The van der Waals surface area contributed by atoms with E-state index in [4.69, 9.17) is 16.9 Å². The van der Waals surface area contributed by atoms with E-state index in [0.717, 1.165) is 0 Å². The third kappa shape index (κ3) is 2.40. The summed E-state index contributed by atoms with van der Waals surface area (Å²) in [5.74, 6) is -1.21. The topological polar surface area (TPSA) is 49.6 Å². The van der Waals surface area contributed by atoms with Crippen LogP contribution in [0.15, 0.2) is 36.4 Å². The van der Waals surface area contributed by atoms with Gasteiger partial charge in [0.2, 0.25) is 0 Å². The molecule has 0 aliphatic rings. The average molecular weight is 248 g/mol. The average Bonchev–Trinajstić information content (AvgIpc) is 2.35. The third-order valence-electron chi connectivity index (χ3n) is 2.29. The predicted octanol–water partition coefficient (Wildman–Crippen LogP) is 2.92. The summed E-state index contributed by atoms with van der Waals surface area (Å²) in [6.45, 7) is 0. The summed E-state index contributed by atoms with van der Waals surface area (Å²) in [7, 11) is 0. The fourth-order valence-electron chi connectivity index (χ4n) is 1.48. The van der Waals surface area contributed by atoms with Crippen LogP contribution in [0.3, 0.4) is 0 Å². The lowest BCUT2D eigenvalue weighted by Crippen LogP contribution is -2.04. The van der Waals surface area contributed by atoms with E-state index >= 15 is 0 Å². The fourth-order valence-corrected chi connectivity index (χ4v) is 1.59. The van der Waals surface area contributed by atoms with Gasteiger partial charge in [0.05, 0.1) is 11.8 Å². The molecule has 1 heterocycles. The molecule has 84 valence electrons. The Morgan fingerprint density at radius 2 is 1.94 bits per heavy atom. The van der Waals surface area contributed by atoms with Gasteiger partial charge < -0.3 is 0 Å².